The summed E-state index contributed by atoms with van der Waals surface area (Å²) in [6.45, 7) is 0. The van der Waals surface area contributed by atoms with Gasteiger partial charge in [0.05, 0.1) is 11.0 Å². The fourth-order valence-corrected chi connectivity index (χ4v) is 4.41. The van der Waals surface area contributed by atoms with Gasteiger partial charge in [-0.3, -0.25) is 4.79 Å². The van der Waals surface area contributed by atoms with Gasteiger partial charge in [-0.2, -0.15) is 0 Å². The minimum atomic E-state index is -3.30. The number of halogens is 1. The summed E-state index contributed by atoms with van der Waals surface area (Å²) >= 11 is 5.97. The molecule has 0 radical (unpaired) electrons. The highest BCUT2D eigenvalue weighted by molar-refractivity contribution is 7.91. The third kappa shape index (κ3) is 3.12. The van der Waals surface area contributed by atoms with E-state index < -0.39 is 15.1 Å². The molecule has 1 aromatic carbocycles. The second-order valence-electron chi connectivity index (χ2n) is 4.66. The van der Waals surface area contributed by atoms with Crippen molar-refractivity contribution < 1.29 is 13.2 Å². The molecule has 5 heteroatoms. The number of rotatable bonds is 3. The van der Waals surface area contributed by atoms with Gasteiger partial charge in [0, 0.05) is 17.9 Å². The van der Waals surface area contributed by atoms with E-state index in [9.17, 15) is 13.2 Å². The molecule has 2 rings (SSSR count). The second-order valence-corrected chi connectivity index (χ2v) is 7.34. The van der Waals surface area contributed by atoms with Crippen molar-refractivity contribution in [2.24, 2.45) is 0 Å². The molecule has 0 amide bonds. The maximum Gasteiger partial charge on any atom is 0.157 e. The van der Waals surface area contributed by atoms with E-state index in [1.165, 1.54) is 0 Å². The number of sulfone groups is 1. The van der Waals surface area contributed by atoms with Crippen molar-refractivity contribution in [1.29, 1.82) is 0 Å². The van der Waals surface area contributed by atoms with Crippen LogP contribution in [0.3, 0.4) is 0 Å². The monoisotopic (exact) mass is 286 g/mol. The molecular formula is C13H15ClO3S. The molecule has 18 heavy (non-hydrogen) atoms. The van der Waals surface area contributed by atoms with Gasteiger partial charge in [0.2, 0.25) is 0 Å². The van der Waals surface area contributed by atoms with E-state index in [2.05, 4.69) is 0 Å². The Labute approximate surface area is 112 Å². The van der Waals surface area contributed by atoms with Gasteiger partial charge in [-0.1, -0.05) is 29.8 Å². The first-order valence-corrected chi connectivity index (χ1v) is 8.05. The SMILES string of the molecule is O=C1CCCC(S(=O)(=O)Cc2ccccc2Cl)C1. The lowest BCUT2D eigenvalue weighted by molar-refractivity contribution is -0.120. The van der Waals surface area contributed by atoms with E-state index in [-0.39, 0.29) is 18.0 Å². The van der Waals surface area contributed by atoms with Gasteiger partial charge in [0.25, 0.3) is 0 Å². The summed E-state index contributed by atoms with van der Waals surface area (Å²) < 4.78 is 24.5. The molecule has 0 heterocycles. The Hall–Kier alpha value is -0.870. The molecule has 0 N–H and O–H groups in total. The van der Waals surface area contributed by atoms with Crippen molar-refractivity contribution in [3.63, 3.8) is 0 Å². The van der Waals surface area contributed by atoms with Crippen LogP contribution in [0.5, 0.6) is 0 Å². The fourth-order valence-electron chi connectivity index (χ4n) is 2.24. The highest BCUT2D eigenvalue weighted by Gasteiger charge is 2.31. The normalized spacial score (nSPS) is 20.9. The first-order chi connectivity index (χ1) is 8.49. The summed E-state index contributed by atoms with van der Waals surface area (Å²) in [6, 6.07) is 6.92. The summed E-state index contributed by atoms with van der Waals surface area (Å²) in [5, 5.41) is -0.0711. The number of hydrogen-bond acceptors (Lipinski definition) is 3. The lowest BCUT2D eigenvalue weighted by atomic mass is 9.99. The van der Waals surface area contributed by atoms with Crippen LogP contribution in [0.1, 0.15) is 31.2 Å². The van der Waals surface area contributed by atoms with E-state index in [0.717, 1.165) is 0 Å². The van der Waals surface area contributed by atoms with Crippen molar-refractivity contribution >= 4 is 27.2 Å². The van der Waals surface area contributed by atoms with Gasteiger partial charge in [0.15, 0.2) is 9.84 Å². The molecule has 1 aliphatic carbocycles. The average Bonchev–Trinajstić information content (AvgIpc) is 2.32. The number of Topliss-reactive ketones (excluding diaryl/α,β-unsaturated/α-hetero) is 1. The number of carbonyl (C=O) groups is 1. The predicted molar refractivity (Wildman–Crippen MR) is 71.3 cm³/mol. The maximum atomic E-state index is 12.2. The number of benzene rings is 1. The van der Waals surface area contributed by atoms with E-state index in [0.29, 0.717) is 29.8 Å². The molecule has 1 aromatic rings. The van der Waals surface area contributed by atoms with Crippen molar-refractivity contribution in [3.05, 3.63) is 34.9 Å². The van der Waals surface area contributed by atoms with Crippen LogP contribution in [-0.2, 0) is 20.4 Å². The third-order valence-corrected chi connectivity index (χ3v) is 5.76. The van der Waals surface area contributed by atoms with E-state index >= 15 is 0 Å². The molecule has 1 saturated carbocycles. The molecule has 1 unspecified atom stereocenters. The lowest BCUT2D eigenvalue weighted by Gasteiger charge is -2.21. The third-order valence-electron chi connectivity index (χ3n) is 3.26. The average molecular weight is 287 g/mol. The van der Waals surface area contributed by atoms with Crippen LogP contribution in [0.25, 0.3) is 0 Å². The van der Waals surface area contributed by atoms with Crippen LogP contribution < -0.4 is 0 Å². The van der Waals surface area contributed by atoms with E-state index in [1.54, 1.807) is 24.3 Å². The van der Waals surface area contributed by atoms with Crippen LogP contribution in [0.4, 0.5) is 0 Å². The fraction of sp³-hybridized carbons (Fsp3) is 0.462. The summed E-state index contributed by atoms with van der Waals surface area (Å²) in [4.78, 5) is 11.3. The first kappa shape index (κ1) is 13.6. The van der Waals surface area contributed by atoms with Crippen molar-refractivity contribution in [2.45, 2.75) is 36.7 Å². The summed E-state index contributed by atoms with van der Waals surface area (Å²) in [5.41, 5.74) is 0.609. The Morgan fingerprint density at radius 1 is 1.28 bits per heavy atom. The van der Waals surface area contributed by atoms with Crippen LogP contribution >= 0.6 is 11.6 Å². The summed E-state index contributed by atoms with van der Waals surface area (Å²) in [5.74, 6) is -0.0288. The molecule has 0 saturated heterocycles. The Bertz CT molecular complexity index is 551. The zero-order valence-corrected chi connectivity index (χ0v) is 11.5. The van der Waals surface area contributed by atoms with Gasteiger partial charge in [-0.15, -0.1) is 0 Å². The minimum absolute atomic E-state index is 0.0500. The Balaban J connectivity index is 2.17. The highest BCUT2D eigenvalue weighted by Crippen LogP contribution is 2.26. The zero-order chi connectivity index (χ0) is 13.2. The molecule has 0 bridgehead atoms. The molecule has 3 nitrogen and oxygen atoms in total. The predicted octanol–water partition coefficient (Wildman–Crippen LogP) is 2.77. The number of ketones is 1. The molecule has 0 aromatic heterocycles. The Morgan fingerprint density at radius 2 is 2.00 bits per heavy atom. The van der Waals surface area contributed by atoms with E-state index in [1.807, 2.05) is 0 Å². The first-order valence-electron chi connectivity index (χ1n) is 5.96. The smallest absolute Gasteiger partial charge is 0.157 e. The largest absolute Gasteiger partial charge is 0.300 e. The molecule has 1 atom stereocenters. The van der Waals surface area contributed by atoms with E-state index in [4.69, 9.17) is 11.6 Å². The molecular weight excluding hydrogens is 272 g/mol. The van der Waals surface area contributed by atoms with Crippen molar-refractivity contribution in [1.82, 2.24) is 0 Å². The molecule has 1 fully saturated rings. The van der Waals surface area contributed by atoms with Gasteiger partial charge in [-0.25, -0.2) is 8.42 Å². The molecule has 0 spiro atoms. The molecule has 0 aliphatic heterocycles. The Morgan fingerprint density at radius 3 is 2.67 bits per heavy atom. The molecule has 1 aliphatic rings. The van der Waals surface area contributed by atoms with Crippen LogP contribution in [0.15, 0.2) is 24.3 Å². The number of hydrogen-bond donors (Lipinski definition) is 0. The minimum Gasteiger partial charge on any atom is -0.300 e. The Kier molecular flexibility index (Phi) is 4.07. The van der Waals surface area contributed by atoms with Crippen LogP contribution in [0, 0.1) is 0 Å². The zero-order valence-electron chi connectivity index (χ0n) is 9.93. The molecule has 98 valence electrons. The lowest BCUT2D eigenvalue weighted by Crippen LogP contribution is -2.29. The highest BCUT2D eigenvalue weighted by atomic mass is 35.5. The summed E-state index contributed by atoms with van der Waals surface area (Å²) in [6.07, 6.45) is 1.93. The summed E-state index contributed by atoms with van der Waals surface area (Å²) in [7, 11) is -3.30. The van der Waals surface area contributed by atoms with Gasteiger partial charge in [0.1, 0.15) is 5.78 Å². The van der Waals surface area contributed by atoms with Crippen LogP contribution in [-0.4, -0.2) is 19.5 Å². The van der Waals surface area contributed by atoms with Crippen molar-refractivity contribution in [3.8, 4) is 0 Å². The van der Waals surface area contributed by atoms with Crippen molar-refractivity contribution in [2.75, 3.05) is 0 Å². The maximum absolute atomic E-state index is 12.2. The van der Waals surface area contributed by atoms with Gasteiger partial charge < -0.3 is 0 Å². The van der Waals surface area contributed by atoms with Gasteiger partial charge in [-0.05, 0) is 24.5 Å². The van der Waals surface area contributed by atoms with Crippen LogP contribution in [0.2, 0.25) is 5.02 Å². The standard InChI is InChI=1S/C13H15ClO3S/c14-13-7-2-1-4-10(13)9-18(16,17)12-6-3-5-11(15)8-12/h1-2,4,7,12H,3,5-6,8-9H2. The topological polar surface area (TPSA) is 51.2 Å². The van der Waals surface area contributed by atoms with Gasteiger partial charge >= 0.3 is 0 Å². The number of carbonyl (C=O) groups excluding carboxylic acids is 1. The second kappa shape index (κ2) is 5.41. The quantitative estimate of drug-likeness (QED) is 0.858.